The third-order valence-corrected chi connectivity index (χ3v) is 3.09. The first kappa shape index (κ1) is 10.6. The molecule has 1 atom stereocenters. The normalized spacial score (nSPS) is 13.5. The highest BCUT2D eigenvalue weighted by Gasteiger charge is 2.16. The second-order valence-electron chi connectivity index (χ2n) is 2.99. The standard InChI is InChI=1S/C9H16N2OS/c1-11(2)9(13-7-5-10)8-4-3-6-12-8/h3-4,6,9H,5,7,10H2,1-2H3. The number of hydrogen-bond donors (Lipinski definition) is 1. The summed E-state index contributed by atoms with van der Waals surface area (Å²) in [6.45, 7) is 0.704. The van der Waals surface area contributed by atoms with E-state index in [0.29, 0.717) is 6.54 Å². The Labute approximate surface area is 83.3 Å². The summed E-state index contributed by atoms with van der Waals surface area (Å²) in [5, 5.41) is 0.276. The second kappa shape index (κ2) is 5.32. The summed E-state index contributed by atoms with van der Waals surface area (Å²) in [6.07, 6.45) is 1.70. The molecule has 0 saturated carbocycles. The minimum absolute atomic E-state index is 0.276. The highest BCUT2D eigenvalue weighted by atomic mass is 32.2. The van der Waals surface area contributed by atoms with Crippen LogP contribution in [0.4, 0.5) is 0 Å². The molecule has 74 valence electrons. The van der Waals surface area contributed by atoms with Gasteiger partial charge in [-0.25, -0.2) is 0 Å². The molecule has 1 rings (SSSR count). The van der Waals surface area contributed by atoms with Gasteiger partial charge in [-0.2, -0.15) is 0 Å². The molecule has 0 saturated heterocycles. The Hall–Kier alpha value is -0.450. The van der Waals surface area contributed by atoms with Crippen LogP contribution in [0.2, 0.25) is 0 Å². The molecule has 1 unspecified atom stereocenters. The first-order chi connectivity index (χ1) is 6.25. The maximum absolute atomic E-state index is 5.46. The van der Waals surface area contributed by atoms with Crippen LogP contribution in [0.1, 0.15) is 11.1 Å². The van der Waals surface area contributed by atoms with E-state index in [1.807, 2.05) is 26.2 Å². The van der Waals surface area contributed by atoms with Crippen molar-refractivity contribution in [2.75, 3.05) is 26.4 Å². The number of rotatable bonds is 5. The number of nitrogens with zero attached hydrogens (tertiary/aromatic N) is 1. The Morgan fingerprint density at radius 3 is 2.85 bits per heavy atom. The molecule has 0 radical (unpaired) electrons. The molecule has 0 fully saturated rings. The molecule has 0 aliphatic heterocycles. The van der Waals surface area contributed by atoms with Gasteiger partial charge < -0.3 is 10.2 Å². The lowest BCUT2D eigenvalue weighted by Crippen LogP contribution is -2.18. The van der Waals surface area contributed by atoms with Crippen LogP contribution in [0.5, 0.6) is 0 Å². The van der Waals surface area contributed by atoms with Gasteiger partial charge in [-0.05, 0) is 26.2 Å². The highest BCUT2D eigenvalue weighted by Crippen LogP contribution is 2.30. The molecule has 1 heterocycles. The molecule has 13 heavy (non-hydrogen) atoms. The lowest BCUT2D eigenvalue weighted by atomic mass is 10.4. The van der Waals surface area contributed by atoms with Crippen LogP contribution in [0.15, 0.2) is 22.8 Å². The fourth-order valence-electron chi connectivity index (χ4n) is 1.10. The van der Waals surface area contributed by atoms with Gasteiger partial charge in [-0.1, -0.05) is 0 Å². The lowest BCUT2D eigenvalue weighted by molar-refractivity contribution is 0.340. The van der Waals surface area contributed by atoms with Gasteiger partial charge >= 0.3 is 0 Å². The van der Waals surface area contributed by atoms with Crippen molar-refractivity contribution < 1.29 is 4.42 Å². The Kier molecular flexibility index (Phi) is 4.35. The average molecular weight is 200 g/mol. The van der Waals surface area contributed by atoms with Gasteiger partial charge in [0.2, 0.25) is 0 Å². The number of nitrogens with two attached hydrogens (primary N) is 1. The summed E-state index contributed by atoms with van der Waals surface area (Å²) in [6, 6.07) is 3.91. The van der Waals surface area contributed by atoms with Crippen molar-refractivity contribution in [1.82, 2.24) is 4.90 Å². The van der Waals surface area contributed by atoms with Crippen LogP contribution in [-0.2, 0) is 0 Å². The van der Waals surface area contributed by atoms with Gasteiger partial charge in [0.1, 0.15) is 11.1 Å². The smallest absolute Gasteiger partial charge is 0.131 e. The van der Waals surface area contributed by atoms with Crippen LogP contribution in [0, 0.1) is 0 Å². The van der Waals surface area contributed by atoms with Crippen LogP contribution in [0.3, 0.4) is 0 Å². The summed E-state index contributed by atoms with van der Waals surface area (Å²) >= 11 is 1.79. The molecular weight excluding hydrogens is 184 g/mol. The molecule has 1 aromatic rings. The van der Waals surface area contributed by atoms with Crippen molar-refractivity contribution in [2.24, 2.45) is 5.73 Å². The zero-order valence-corrected chi connectivity index (χ0v) is 8.88. The van der Waals surface area contributed by atoms with Crippen molar-refractivity contribution >= 4 is 11.8 Å². The molecule has 0 bridgehead atoms. The molecule has 0 aliphatic rings. The summed E-state index contributed by atoms with van der Waals surface area (Å²) in [4.78, 5) is 2.12. The van der Waals surface area contributed by atoms with Gasteiger partial charge in [0.15, 0.2) is 0 Å². The maximum Gasteiger partial charge on any atom is 0.131 e. The Bertz CT molecular complexity index is 224. The Morgan fingerprint density at radius 2 is 2.38 bits per heavy atom. The second-order valence-corrected chi connectivity index (χ2v) is 4.18. The lowest BCUT2D eigenvalue weighted by Gasteiger charge is -2.21. The van der Waals surface area contributed by atoms with E-state index < -0.39 is 0 Å². The fourth-order valence-corrected chi connectivity index (χ4v) is 2.05. The van der Waals surface area contributed by atoms with Gasteiger partial charge in [-0.3, -0.25) is 4.90 Å². The Morgan fingerprint density at radius 1 is 1.62 bits per heavy atom. The summed E-state index contributed by atoms with van der Waals surface area (Å²) < 4.78 is 5.35. The third kappa shape index (κ3) is 3.06. The predicted molar refractivity (Wildman–Crippen MR) is 56.6 cm³/mol. The minimum atomic E-state index is 0.276. The molecule has 0 aliphatic carbocycles. The first-order valence-electron chi connectivity index (χ1n) is 4.27. The van der Waals surface area contributed by atoms with Crippen molar-refractivity contribution in [1.29, 1.82) is 0 Å². The first-order valence-corrected chi connectivity index (χ1v) is 5.32. The molecular formula is C9H16N2OS. The van der Waals surface area contributed by atoms with E-state index in [1.54, 1.807) is 18.0 Å². The monoisotopic (exact) mass is 200 g/mol. The predicted octanol–water partition coefficient (Wildman–Crippen LogP) is 1.53. The molecule has 0 aromatic carbocycles. The summed E-state index contributed by atoms with van der Waals surface area (Å²) in [5.74, 6) is 1.94. The van der Waals surface area contributed by atoms with Crippen LogP contribution in [-0.4, -0.2) is 31.3 Å². The summed E-state index contributed by atoms with van der Waals surface area (Å²) in [5.41, 5.74) is 5.46. The zero-order chi connectivity index (χ0) is 9.68. The van der Waals surface area contributed by atoms with E-state index in [1.165, 1.54) is 0 Å². The largest absolute Gasteiger partial charge is 0.467 e. The highest BCUT2D eigenvalue weighted by molar-refractivity contribution is 7.99. The molecule has 4 heteroatoms. The third-order valence-electron chi connectivity index (χ3n) is 1.65. The number of hydrogen-bond acceptors (Lipinski definition) is 4. The van der Waals surface area contributed by atoms with Crippen LogP contribution >= 0.6 is 11.8 Å². The quantitative estimate of drug-likeness (QED) is 0.732. The van der Waals surface area contributed by atoms with Gasteiger partial charge in [-0.15, -0.1) is 11.8 Å². The molecule has 3 nitrogen and oxygen atoms in total. The Balaban J connectivity index is 2.58. The van der Waals surface area contributed by atoms with Crippen LogP contribution in [0.25, 0.3) is 0 Å². The van der Waals surface area contributed by atoms with Gasteiger partial charge in [0.05, 0.1) is 6.26 Å². The van der Waals surface area contributed by atoms with E-state index >= 15 is 0 Å². The van der Waals surface area contributed by atoms with E-state index in [4.69, 9.17) is 10.2 Å². The molecule has 0 spiro atoms. The van der Waals surface area contributed by atoms with Gasteiger partial charge in [0.25, 0.3) is 0 Å². The van der Waals surface area contributed by atoms with Crippen molar-refractivity contribution in [3.8, 4) is 0 Å². The fraction of sp³-hybridized carbons (Fsp3) is 0.556. The van der Waals surface area contributed by atoms with Crippen LogP contribution < -0.4 is 5.73 Å². The van der Waals surface area contributed by atoms with E-state index in [2.05, 4.69) is 4.90 Å². The molecule has 1 aromatic heterocycles. The van der Waals surface area contributed by atoms with Gasteiger partial charge in [0, 0.05) is 12.3 Å². The number of furan rings is 1. The molecule has 0 amide bonds. The van der Waals surface area contributed by atoms with E-state index in [0.717, 1.165) is 11.5 Å². The maximum atomic E-state index is 5.46. The minimum Gasteiger partial charge on any atom is -0.467 e. The number of thioether (sulfide) groups is 1. The molecule has 2 N–H and O–H groups in total. The average Bonchev–Trinajstić information content (AvgIpc) is 2.57. The SMILES string of the molecule is CN(C)C(SCCN)c1ccco1. The van der Waals surface area contributed by atoms with E-state index in [9.17, 15) is 0 Å². The zero-order valence-electron chi connectivity index (χ0n) is 8.06. The van der Waals surface area contributed by atoms with Crippen molar-refractivity contribution in [3.05, 3.63) is 24.2 Å². The topological polar surface area (TPSA) is 42.4 Å². The van der Waals surface area contributed by atoms with E-state index in [-0.39, 0.29) is 5.37 Å². The summed E-state index contributed by atoms with van der Waals surface area (Å²) in [7, 11) is 4.08. The van der Waals surface area contributed by atoms with Crippen molar-refractivity contribution in [3.63, 3.8) is 0 Å². The van der Waals surface area contributed by atoms with Crippen molar-refractivity contribution in [2.45, 2.75) is 5.37 Å².